The van der Waals surface area contributed by atoms with Crippen LogP contribution >= 0.6 is 0 Å². The fourth-order valence-electron chi connectivity index (χ4n) is 3.63. The van der Waals surface area contributed by atoms with Gasteiger partial charge in [0.25, 0.3) is 6.43 Å². The summed E-state index contributed by atoms with van der Waals surface area (Å²) in [5.41, 5.74) is -0.0505. The maximum Gasteiger partial charge on any atom is 0.266 e. The Kier molecular flexibility index (Phi) is 5.63. The Morgan fingerprint density at radius 3 is 2.48 bits per heavy atom. The Morgan fingerprint density at radius 1 is 1.10 bits per heavy atom. The molecule has 4 rings (SSSR count). The van der Waals surface area contributed by atoms with Crippen molar-refractivity contribution in [2.75, 3.05) is 23.3 Å². The minimum atomic E-state index is -2.92. The quantitative estimate of drug-likeness (QED) is 0.532. The number of nitrogens with one attached hydrogen (secondary N) is 1. The van der Waals surface area contributed by atoms with Crippen LogP contribution in [0.15, 0.2) is 30.5 Å². The summed E-state index contributed by atoms with van der Waals surface area (Å²) >= 11 is 0. The molecular weight excluding hydrogens is 417 g/mol. The fraction of sp³-hybridized carbons (Fsp3) is 0.381. The highest BCUT2D eigenvalue weighted by molar-refractivity contribution is 5.90. The second-order valence-corrected chi connectivity index (χ2v) is 7.60. The highest BCUT2D eigenvalue weighted by atomic mass is 19.3. The molecule has 0 saturated carbocycles. The Hall–Kier alpha value is -3.04. The van der Waals surface area contributed by atoms with Gasteiger partial charge in [-0.15, -0.1) is 0 Å². The zero-order valence-electron chi connectivity index (χ0n) is 16.8. The van der Waals surface area contributed by atoms with Crippen LogP contribution in [0.2, 0.25) is 0 Å². The molecule has 5 nitrogen and oxygen atoms in total. The number of rotatable bonds is 6. The molecule has 31 heavy (non-hydrogen) atoms. The molecule has 1 aliphatic rings. The third kappa shape index (κ3) is 4.11. The standard InChI is InChI=1S/C21H20F5N5/c1-10(13-4-3-5-14(18(13)22)20(25)26)28-21-15-6-17(31-8-12(9-31)19(23)24)27-7-16(15)29-11(2)30-21/h3-7,10,12,19-20H,8-9H2,1-2H3,(H,28,29,30)/t10-/m1/s1. The molecular formula is C21H20F5N5. The van der Waals surface area contributed by atoms with Gasteiger partial charge in [0.15, 0.2) is 0 Å². The van der Waals surface area contributed by atoms with E-state index < -0.39 is 36.2 Å². The summed E-state index contributed by atoms with van der Waals surface area (Å²) in [6, 6.07) is 4.90. The maximum absolute atomic E-state index is 14.6. The van der Waals surface area contributed by atoms with Gasteiger partial charge < -0.3 is 10.2 Å². The highest BCUT2D eigenvalue weighted by Gasteiger charge is 2.34. The molecule has 1 N–H and O–H groups in total. The Labute approximate surface area is 175 Å². The largest absolute Gasteiger partial charge is 0.363 e. The second-order valence-electron chi connectivity index (χ2n) is 7.60. The van der Waals surface area contributed by atoms with Gasteiger partial charge in [0.2, 0.25) is 6.43 Å². The molecule has 0 radical (unpaired) electrons. The van der Waals surface area contributed by atoms with E-state index in [0.717, 1.165) is 6.07 Å². The minimum Gasteiger partial charge on any atom is -0.363 e. The van der Waals surface area contributed by atoms with Crippen molar-refractivity contribution in [2.24, 2.45) is 5.92 Å². The molecule has 0 aliphatic carbocycles. The van der Waals surface area contributed by atoms with Gasteiger partial charge in [-0.05, 0) is 19.9 Å². The molecule has 1 aliphatic heterocycles. The number of benzene rings is 1. The molecule has 164 valence electrons. The number of halogens is 5. The first kappa shape index (κ1) is 21.2. The summed E-state index contributed by atoms with van der Waals surface area (Å²) in [5, 5.41) is 3.65. The van der Waals surface area contributed by atoms with Crippen molar-refractivity contribution in [3.8, 4) is 0 Å². The van der Waals surface area contributed by atoms with E-state index in [1.807, 2.05) is 0 Å². The predicted octanol–water partition coefficient (Wildman–Crippen LogP) is 5.28. The lowest BCUT2D eigenvalue weighted by molar-refractivity contribution is 0.0611. The predicted molar refractivity (Wildman–Crippen MR) is 107 cm³/mol. The van der Waals surface area contributed by atoms with E-state index in [1.165, 1.54) is 18.3 Å². The van der Waals surface area contributed by atoms with Crippen LogP contribution in [0.3, 0.4) is 0 Å². The van der Waals surface area contributed by atoms with Crippen LogP contribution in [-0.4, -0.2) is 34.5 Å². The first-order valence-electron chi connectivity index (χ1n) is 9.75. The molecule has 2 aromatic heterocycles. The van der Waals surface area contributed by atoms with Crippen molar-refractivity contribution in [2.45, 2.75) is 32.7 Å². The monoisotopic (exact) mass is 437 g/mol. The van der Waals surface area contributed by atoms with E-state index in [0.29, 0.717) is 28.4 Å². The van der Waals surface area contributed by atoms with Crippen molar-refractivity contribution in [3.05, 3.63) is 53.2 Å². The van der Waals surface area contributed by atoms with E-state index in [9.17, 15) is 22.0 Å². The van der Waals surface area contributed by atoms with Gasteiger partial charge in [0, 0.05) is 24.0 Å². The van der Waals surface area contributed by atoms with Crippen LogP contribution in [0.25, 0.3) is 10.9 Å². The molecule has 1 aromatic carbocycles. The van der Waals surface area contributed by atoms with Gasteiger partial charge in [-0.2, -0.15) is 0 Å². The molecule has 10 heteroatoms. The SMILES string of the molecule is Cc1nc(N[C@H](C)c2cccc(C(F)F)c2F)c2cc(N3CC(C(F)F)C3)ncc2n1. The third-order valence-corrected chi connectivity index (χ3v) is 5.38. The summed E-state index contributed by atoms with van der Waals surface area (Å²) in [5.74, 6) is -0.312. The zero-order chi connectivity index (χ0) is 22.3. The minimum absolute atomic E-state index is 0.0824. The Bertz CT molecular complexity index is 1100. The number of alkyl halides is 4. The van der Waals surface area contributed by atoms with Crippen LogP contribution in [0.1, 0.15) is 36.3 Å². The van der Waals surface area contributed by atoms with Crippen LogP contribution in [-0.2, 0) is 0 Å². The van der Waals surface area contributed by atoms with Gasteiger partial charge in [0.05, 0.1) is 29.2 Å². The number of nitrogens with zero attached hydrogens (tertiary/aromatic N) is 4. The van der Waals surface area contributed by atoms with Crippen LogP contribution in [0, 0.1) is 18.7 Å². The topological polar surface area (TPSA) is 53.9 Å². The van der Waals surface area contributed by atoms with Crippen molar-refractivity contribution < 1.29 is 22.0 Å². The molecule has 1 saturated heterocycles. The van der Waals surface area contributed by atoms with E-state index in [2.05, 4.69) is 20.3 Å². The Morgan fingerprint density at radius 2 is 1.81 bits per heavy atom. The van der Waals surface area contributed by atoms with Crippen molar-refractivity contribution in [3.63, 3.8) is 0 Å². The zero-order valence-corrected chi connectivity index (χ0v) is 16.8. The van der Waals surface area contributed by atoms with Crippen molar-refractivity contribution in [1.82, 2.24) is 15.0 Å². The van der Waals surface area contributed by atoms with Crippen LogP contribution in [0.5, 0.6) is 0 Å². The molecule has 0 bridgehead atoms. The normalized spacial score (nSPS) is 15.6. The number of hydrogen-bond acceptors (Lipinski definition) is 5. The Balaban J connectivity index is 1.65. The van der Waals surface area contributed by atoms with E-state index >= 15 is 0 Å². The van der Waals surface area contributed by atoms with E-state index in [-0.39, 0.29) is 18.7 Å². The summed E-state index contributed by atoms with van der Waals surface area (Å²) in [4.78, 5) is 14.8. The fourth-order valence-corrected chi connectivity index (χ4v) is 3.63. The number of anilines is 2. The van der Waals surface area contributed by atoms with Crippen molar-refractivity contribution in [1.29, 1.82) is 0 Å². The number of aryl methyl sites for hydroxylation is 1. The number of hydrogen-bond donors (Lipinski definition) is 1. The molecule has 3 heterocycles. The lowest BCUT2D eigenvalue weighted by Crippen LogP contribution is -2.50. The van der Waals surface area contributed by atoms with Gasteiger partial charge >= 0.3 is 0 Å². The number of pyridine rings is 1. The van der Waals surface area contributed by atoms with Gasteiger partial charge in [0.1, 0.15) is 23.3 Å². The molecule has 1 atom stereocenters. The lowest BCUT2D eigenvalue weighted by Gasteiger charge is -2.39. The summed E-state index contributed by atoms with van der Waals surface area (Å²) in [6.07, 6.45) is -3.76. The number of aromatic nitrogens is 3. The summed E-state index contributed by atoms with van der Waals surface area (Å²) in [7, 11) is 0. The molecule has 1 fully saturated rings. The summed E-state index contributed by atoms with van der Waals surface area (Å²) < 4.78 is 66.3. The molecule has 3 aromatic rings. The molecule has 0 amide bonds. The van der Waals surface area contributed by atoms with Gasteiger partial charge in [-0.25, -0.2) is 36.9 Å². The number of fused-ring (bicyclic) bond motifs is 1. The van der Waals surface area contributed by atoms with Crippen LogP contribution in [0.4, 0.5) is 33.6 Å². The average Bonchev–Trinajstić information content (AvgIpc) is 2.66. The maximum atomic E-state index is 14.6. The van der Waals surface area contributed by atoms with Crippen LogP contribution < -0.4 is 10.2 Å². The van der Waals surface area contributed by atoms with Gasteiger partial charge in [-0.1, -0.05) is 18.2 Å². The highest BCUT2D eigenvalue weighted by Crippen LogP contribution is 2.33. The molecule has 0 spiro atoms. The summed E-state index contributed by atoms with van der Waals surface area (Å²) in [6.45, 7) is 3.73. The third-order valence-electron chi connectivity index (χ3n) is 5.38. The van der Waals surface area contributed by atoms with E-state index in [1.54, 1.807) is 24.8 Å². The first-order chi connectivity index (χ1) is 14.7. The van der Waals surface area contributed by atoms with Crippen molar-refractivity contribution >= 4 is 22.5 Å². The lowest BCUT2D eigenvalue weighted by atomic mass is 10.0. The first-order valence-corrected chi connectivity index (χ1v) is 9.75. The average molecular weight is 437 g/mol. The second kappa shape index (κ2) is 8.24. The van der Waals surface area contributed by atoms with Gasteiger partial charge in [-0.3, -0.25) is 0 Å². The molecule has 0 unspecified atom stereocenters. The van der Waals surface area contributed by atoms with E-state index in [4.69, 9.17) is 0 Å². The smallest absolute Gasteiger partial charge is 0.266 e.